The van der Waals surface area contributed by atoms with Gasteiger partial charge in [0.1, 0.15) is 0 Å². The highest BCUT2D eigenvalue weighted by atomic mass is 15.3. The average Bonchev–Trinajstić information content (AvgIpc) is 3.23. The maximum absolute atomic E-state index is 5.81. The molecule has 1 aromatic carbocycles. The number of nitrogens with two attached hydrogens (primary N) is 1. The Labute approximate surface area is 103 Å². The highest BCUT2D eigenvalue weighted by Crippen LogP contribution is 2.29. The van der Waals surface area contributed by atoms with Gasteiger partial charge in [-0.3, -0.25) is 4.90 Å². The van der Waals surface area contributed by atoms with Gasteiger partial charge in [0.2, 0.25) is 0 Å². The Bertz CT molecular complexity index is 379. The average molecular weight is 231 g/mol. The van der Waals surface area contributed by atoms with Crippen LogP contribution in [0.5, 0.6) is 0 Å². The zero-order chi connectivity index (χ0) is 11.7. The summed E-state index contributed by atoms with van der Waals surface area (Å²) in [6.07, 6.45) is 2.83. The number of piperazine rings is 1. The van der Waals surface area contributed by atoms with Crippen molar-refractivity contribution in [2.45, 2.75) is 25.4 Å². The molecule has 92 valence electrons. The van der Waals surface area contributed by atoms with Crippen LogP contribution < -0.4 is 10.6 Å². The molecule has 1 saturated carbocycles. The van der Waals surface area contributed by atoms with Crippen LogP contribution in [0.25, 0.3) is 0 Å². The van der Waals surface area contributed by atoms with Gasteiger partial charge in [-0.05, 0) is 24.5 Å². The van der Waals surface area contributed by atoms with Gasteiger partial charge in [-0.25, -0.2) is 0 Å². The fourth-order valence-electron chi connectivity index (χ4n) is 2.76. The minimum absolute atomic E-state index is 0.638. The van der Waals surface area contributed by atoms with Crippen LogP contribution >= 0.6 is 0 Å². The number of rotatable bonds is 3. The molecule has 1 heterocycles. The molecule has 0 radical (unpaired) electrons. The molecule has 0 amide bonds. The van der Waals surface area contributed by atoms with Crippen molar-refractivity contribution in [3.8, 4) is 0 Å². The van der Waals surface area contributed by atoms with E-state index in [9.17, 15) is 0 Å². The molecule has 1 saturated heterocycles. The molecule has 0 aromatic heterocycles. The molecule has 1 aliphatic carbocycles. The first-order valence-electron chi connectivity index (χ1n) is 6.65. The third-order valence-corrected chi connectivity index (χ3v) is 3.93. The summed E-state index contributed by atoms with van der Waals surface area (Å²) in [5.41, 5.74) is 8.41. The van der Waals surface area contributed by atoms with Crippen LogP contribution in [-0.4, -0.2) is 37.1 Å². The van der Waals surface area contributed by atoms with Gasteiger partial charge in [0, 0.05) is 44.5 Å². The Morgan fingerprint density at radius 3 is 2.41 bits per heavy atom. The van der Waals surface area contributed by atoms with E-state index in [4.69, 9.17) is 5.73 Å². The number of para-hydroxylation sites is 1. The van der Waals surface area contributed by atoms with Crippen LogP contribution in [0, 0.1) is 0 Å². The second-order valence-corrected chi connectivity index (χ2v) is 5.09. The van der Waals surface area contributed by atoms with E-state index in [1.807, 2.05) is 0 Å². The minimum atomic E-state index is 0.638. The molecule has 2 aliphatic rings. The largest absolute Gasteiger partial charge is 0.369 e. The van der Waals surface area contributed by atoms with E-state index >= 15 is 0 Å². The molecule has 2 fully saturated rings. The second-order valence-electron chi connectivity index (χ2n) is 5.09. The molecule has 0 spiro atoms. The Balaban J connectivity index is 1.68. The van der Waals surface area contributed by atoms with E-state index in [0.717, 1.165) is 19.1 Å². The van der Waals surface area contributed by atoms with E-state index in [2.05, 4.69) is 34.1 Å². The molecular formula is C14H21N3. The van der Waals surface area contributed by atoms with E-state index in [-0.39, 0.29) is 0 Å². The van der Waals surface area contributed by atoms with Crippen LogP contribution in [0.2, 0.25) is 0 Å². The maximum atomic E-state index is 5.81. The van der Waals surface area contributed by atoms with Crippen LogP contribution in [0.1, 0.15) is 18.4 Å². The third-order valence-electron chi connectivity index (χ3n) is 3.93. The van der Waals surface area contributed by atoms with Crippen molar-refractivity contribution in [2.75, 3.05) is 31.1 Å². The fraction of sp³-hybridized carbons (Fsp3) is 0.571. The Kier molecular flexibility index (Phi) is 3.04. The molecule has 17 heavy (non-hydrogen) atoms. The van der Waals surface area contributed by atoms with Crippen molar-refractivity contribution >= 4 is 5.69 Å². The van der Waals surface area contributed by atoms with Crippen LogP contribution in [-0.2, 0) is 6.54 Å². The quantitative estimate of drug-likeness (QED) is 0.854. The predicted octanol–water partition coefficient (Wildman–Crippen LogP) is 1.43. The number of anilines is 1. The number of nitrogens with zero attached hydrogens (tertiary/aromatic N) is 2. The van der Waals surface area contributed by atoms with Gasteiger partial charge in [-0.2, -0.15) is 0 Å². The molecule has 1 aliphatic heterocycles. The van der Waals surface area contributed by atoms with Crippen molar-refractivity contribution in [3.63, 3.8) is 0 Å². The van der Waals surface area contributed by atoms with Gasteiger partial charge in [-0.1, -0.05) is 18.2 Å². The van der Waals surface area contributed by atoms with Gasteiger partial charge >= 0.3 is 0 Å². The van der Waals surface area contributed by atoms with Crippen molar-refractivity contribution in [1.82, 2.24) is 4.90 Å². The van der Waals surface area contributed by atoms with Gasteiger partial charge in [0.15, 0.2) is 0 Å². The zero-order valence-electron chi connectivity index (χ0n) is 10.3. The third kappa shape index (κ3) is 2.31. The lowest BCUT2D eigenvalue weighted by Crippen LogP contribution is -2.47. The van der Waals surface area contributed by atoms with Gasteiger partial charge in [0.25, 0.3) is 0 Å². The summed E-state index contributed by atoms with van der Waals surface area (Å²) in [6, 6.07) is 9.44. The van der Waals surface area contributed by atoms with E-state index < -0.39 is 0 Å². The number of benzene rings is 1. The SMILES string of the molecule is NCc1ccccc1N1CCN(C2CC2)CC1. The van der Waals surface area contributed by atoms with Crippen LogP contribution in [0.4, 0.5) is 5.69 Å². The molecule has 0 atom stereocenters. The van der Waals surface area contributed by atoms with E-state index in [1.54, 1.807) is 0 Å². The molecule has 3 rings (SSSR count). The number of hydrogen-bond donors (Lipinski definition) is 1. The second kappa shape index (κ2) is 4.67. The molecule has 0 unspecified atom stereocenters. The van der Waals surface area contributed by atoms with E-state index in [1.165, 1.54) is 37.2 Å². The standard InChI is InChI=1S/C14H21N3/c15-11-12-3-1-2-4-14(12)17-9-7-16(8-10-17)13-5-6-13/h1-4,13H,5-11,15H2. The zero-order valence-corrected chi connectivity index (χ0v) is 10.3. The highest BCUT2D eigenvalue weighted by Gasteiger charge is 2.31. The van der Waals surface area contributed by atoms with Gasteiger partial charge in [-0.15, -0.1) is 0 Å². The smallest absolute Gasteiger partial charge is 0.0412 e. The van der Waals surface area contributed by atoms with Gasteiger partial charge in [0.05, 0.1) is 0 Å². The highest BCUT2D eigenvalue weighted by molar-refractivity contribution is 5.54. The summed E-state index contributed by atoms with van der Waals surface area (Å²) in [7, 11) is 0. The molecule has 3 heteroatoms. The first-order chi connectivity index (χ1) is 8.38. The lowest BCUT2D eigenvalue weighted by Gasteiger charge is -2.37. The fourth-order valence-corrected chi connectivity index (χ4v) is 2.76. The molecule has 0 bridgehead atoms. The van der Waals surface area contributed by atoms with Crippen molar-refractivity contribution < 1.29 is 0 Å². The normalized spacial score (nSPS) is 21.8. The van der Waals surface area contributed by atoms with Gasteiger partial charge < -0.3 is 10.6 Å². The molecule has 1 aromatic rings. The molecule has 2 N–H and O–H groups in total. The summed E-state index contributed by atoms with van der Waals surface area (Å²) in [5.74, 6) is 0. The Morgan fingerprint density at radius 1 is 1.06 bits per heavy atom. The number of hydrogen-bond acceptors (Lipinski definition) is 3. The maximum Gasteiger partial charge on any atom is 0.0412 e. The lowest BCUT2D eigenvalue weighted by molar-refractivity contribution is 0.248. The minimum Gasteiger partial charge on any atom is -0.369 e. The Morgan fingerprint density at radius 2 is 1.76 bits per heavy atom. The summed E-state index contributed by atoms with van der Waals surface area (Å²) in [6.45, 7) is 5.35. The van der Waals surface area contributed by atoms with E-state index in [0.29, 0.717) is 6.54 Å². The summed E-state index contributed by atoms with van der Waals surface area (Å²) in [5, 5.41) is 0. The van der Waals surface area contributed by atoms with Crippen LogP contribution in [0.3, 0.4) is 0 Å². The first kappa shape index (κ1) is 11.1. The molecule has 3 nitrogen and oxygen atoms in total. The summed E-state index contributed by atoms with van der Waals surface area (Å²) in [4.78, 5) is 5.13. The topological polar surface area (TPSA) is 32.5 Å². The van der Waals surface area contributed by atoms with Crippen molar-refractivity contribution in [1.29, 1.82) is 0 Å². The predicted molar refractivity (Wildman–Crippen MR) is 71.1 cm³/mol. The monoisotopic (exact) mass is 231 g/mol. The molecular weight excluding hydrogens is 210 g/mol. The summed E-state index contributed by atoms with van der Waals surface area (Å²) < 4.78 is 0. The van der Waals surface area contributed by atoms with Crippen LogP contribution in [0.15, 0.2) is 24.3 Å². The summed E-state index contributed by atoms with van der Waals surface area (Å²) >= 11 is 0. The Hall–Kier alpha value is -1.06. The van der Waals surface area contributed by atoms with Crippen molar-refractivity contribution in [2.24, 2.45) is 5.73 Å². The first-order valence-corrected chi connectivity index (χ1v) is 6.65. The van der Waals surface area contributed by atoms with Crippen molar-refractivity contribution in [3.05, 3.63) is 29.8 Å². The lowest BCUT2D eigenvalue weighted by atomic mass is 10.1.